The van der Waals surface area contributed by atoms with E-state index in [2.05, 4.69) is 0 Å². The van der Waals surface area contributed by atoms with Crippen LogP contribution in [0.1, 0.15) is 29.8 Å². The Morgan fingerprint density at radius 1 is 1.29 bits per heavy atom. The minimum Gasteiger partial charge on any atom is -0.198 e. The van der Waals surface area contributed by atoms with Gasteiger partial charge in [-0.2, -0.15) is 13.9 Å². The van der Waals surface area contributed by atoms with Crippen LogP contribution in [0.15, 0.2) is 4.79 Å². The SMILES string of the molecule is Cc1c2c([n+](C)c(=O)n1C)CCCC2. The standard InChI is InChI=1S/C11H17N2O/c1-8-9-6-4-5-7-10(9)13(3)11(14)12(8)2/h4-7H2,1-3H3/q+1. The lowest BCUT2D eigenvalue weighted by atomic mass is 9.94. The average molecular weight is 193 g/mol. The molecule has 3 heteroatoms. The summed E-state index contributed by atoms with van der Waals surface area (Å²) in [6, 6.07) is 0. The van der Waals surface area contributed by atoms with Gasteiger partial charge >= 0.3 is 5.69 Å². The summed E-state index contributed by atoms with van der Waals surface area (Å²) >= 11 is 0. The van der Waals surface area contributed by atoms with Gasteiger partial charge in [0.25, 0.3) is 0 Å². The fraction of sp³-hybridized carbons (Fsp3) is 0.636. The molecule has 0 spiro atoms. The minimum atomic E-state index is 0.100. The van der Waals surface area contributed by atoms with E-state index in [-0.39, 0.29) is 5.69 Å². The van der Waals surface area contributed by atoms with Crippen LogP contribution >= 0.6 is 0 Å². The number of rotatable bonds is 0. The van der Waals surface area contributed by atoms with Gasteiger partial charge in [0.15, 0.2) is 0 Å². The molecule has 3 nitrogen and oxygen atoms in total. The summed E-state index contributed by atoms with van der Waals surface area (Å²) in [6.45, 7) is 2.05. The Bertz CT molecular complexity index is 432. The highest BCUT2D eigenvalue weighted by Gasteiger charge is 2.23. The van der Waals surface area contributed by atoms with Crippen molar-refractivity contribution in [1.82, 2.24) is 4.57 Å². The van der Waals surface area contributed by atoms with Gasteiger partial charge in [0.05, 0.1) is 14.1 Å². The first-order chi connectivity index (χ1) is 6.63. The molecule has 0 fully saturated rings. The molecule has 76 valence electrons. The molecule has 1 heterocycles. The lowest BCUT2D eigenvalue weighted by Crippen LogP contribution is -2.55. The molecule has 0 N–H and O–H groups in total. The van der Waals surface area contributed by atoms with Crippen molar-refractivity contribution in [3.63, 3.8) is 0 Å². The van der Waals surface area contributed by atoms with Gasteiger partial charge in [0.1, 0.15) is 11.4 Å². The van der Waals surface area contributed by atoms with E-state index in [1.54, 1.807) is 4.57 Å². The van der Waals surface area contributed by atoms with Crippen molar-refractivity contribution in [2.75, 3.05) is 0 Å². The molecule has 0 radical (unpaired) electrons. The maximum atomic E-state index is 11.8. The van der Waals surface area contributed by atoms with E-state index in [4.69, 9.17) is 0 Å². The van der Waals surface area contributed by atoms with E-state index < -0.39 is 0 Å². The highest BCUT2D eigenvalue weighted by atomic mass is 16.1. The van der Waals surface area contributed by atoms with Crippen LogP contribution in [0.4, 0.5) is 0 Å². The number of fused-ring (bicyclic) bond motifs is 1. The largest absolute Gasteiger partial charge is 0.497 e. The molecule has 14 heavy (non-hydrogen) atoms. The summed E-state index contributed by atoms with van der Waals surface area (Å²) in [6.07, 6.45) is 4.66. The second-order valence-electron chi connectivity index (χ2n) is 4.12. The molecule has 0 aromatic carbocycles. The van der Waals surface area contributed by atoms with Crippen LogP contribution in [-0.4, -0.2) is 4.57 Å². The van der Waals surface area contributed by atoms with Gasteiger partial charge in [-0.05, 0) is 26.2 Å². The Labute approximate surface area is 84.0 Å². The maximum Gasteiger partial charge on any atom is 0.497 e. The van der Waals surface area contributed by atoms with E-state index in [1.165, 1.54) is 24.1 Å². The first-order valence-corrected chi connectivity index (χ1v) is 5.20. The summed E-state index contributed by atoms with van der Waals surface area (Å²) in [7, 11) is 3.73. The van der Waals surface area contributed by atoms with Crippen LogP contribution in [0.3, 0.4) is 0 Å². The molecule has 0 amide bonds. The van der Waals surface area contributed by atoms with Crippen LogP contribution in [0.5, 0.6) is 0 Å². The second-order valence-corrected chi connectivity index (χ2v) is 4.12. The first-order valence-electron chi connectivity index (χ1n) is 5.20. The van der Waals surface area contributed by atoms with Gasteiger partial charge < -0.3 is 0 Å². The summed E-state index contributed by atoms with van der Waals surface area (Å²) in [5.74, 6) is 0. The predicted octanol–water partition coefficient (Wildman–Crippen LogP) is 0.397. The topological polar surface area (TPSA) is 25.9 Å². The van der Waals surface area contributed by atoms with E-state index in [9.17, 15) is 4.79 Å². The van der Waals surface area contributed by atoms with Crippen molar-refractivity contribution in [2.24, 2.45) is 14.1 Å². The molecule has 1 aliphatic rings. The average Bonchev–Trinajstić information content (AvgIpc) is 2.23. The quantitative estimate of drug-likeness (QED) is 0.548. The fourth-order valence-corrected chi connectivity index (χ4v) is 2.34. The predicted molar refractivity (Wildman–Crippen MR) is 54.2 cm³/mol. The molecule has 1 aromatic heterocycles. The molecule has 0 saturated carbocycles. The zero-order chi connectivity index (χ0) is 10.3. The molecule has 0 atom stereocenters. The lowest BCUT2D eigenvalue weighted by molar-refractivity contribution is -0.699. The lowest BCUT2D eigenvalue weighted by Gasteiger charge is -2.16. The van der Waals surface area contributed by atoms with Crippen LogP contribution < -0.4 is 10.3 Å². The first kappa shape index (κ1) is 9.44. The molecule has 0 aliphatic heterocycles. The molecule has 1 aromatic rings. The Balaban J connectivity index is 2.78. The van der Waals surface area contributed by atoms with E-state index in [1.807, 2.05) is 25.6 Å². The molecular weight excluding hydrogens is 176 g/mol. The monoisotopic (exact) mass is 193 g/mol. The van der Waals surface area contributed by atoms with E-state index >= 15 is 0 Å². The van der Waals surface area contributed by atoms with Gasteiger partial charge in [0.2, 0.25) is 0 Å². The Hall–Kier alpha value is -1.12. The third-order valence-corrected chi connectivity index (χ3v) is 3.36. The fourth-order valence-electron chi connectivity index (χ4n) is 2.34. The summed E-state index contributed by atoms with van der Waals surface area (Å²) in [4.78, 5) is 11.8. The molecule has 0 saturated heterocycles. The van der Waals surface area contributed by atoms with Crippen molar-refractivity contribution in [1.29, 1.82) is 0 Å². The van der Waals surface area contributed by atoms with Gasteiger partial charge in [-0.15, -0.1) is 0 Å². The third-order valence-electron chi connectivity index (χ3n) is 3.36. The van der Waals surface area contributed by atoms with Crippen molar-refractivity contribution in [3.05, 3.63) is 27.4 Å². The zero-order valence-corrected chi connectivity index (χ0v) is 9.13. The van der Waals surface area contributed by atoms with Crippen LogP contribution in [-0.2, 0) is 26.9 Å². The number of aromatic nitrogens is 2. The Morgan fingerprint density at radius 2 is 1.93 bits per heavy atom. The van der Waals surface area contributed by atoms with Crippen LogP contribution in [0.2, 0.25) is 0 Å². The van der Waals surface area contributed by atoms with Gasteiger partial charge in [-0.25, -0.2) is 0 Å². The molecule has 0 unspecified atom stereocenters. The Morgan fingerprint density at radius 3 is 2.64 bits per heavy atom. The number of hydrogen-bond acceptors (Lipinski definition) is 1. The molecule has 1 aliphatic carbocycles. The number of nitrogens with zero attached hydrogens (tertiary/aromatic N) is 2. The van der Waals surface area contributed by atoms with Gasteiger partial charge in [0, 0.05) is 12.0 Å². The van der Waals surface area contributed by atoms with Crippen molar-refractivity contribution in [2.45, 2.75) is 32.6 Å². The van der Waals surface area contributed by atoms with Gasteiger partial charge in [-0.1, -0.05) is 0 Å². The van der Waals surface area contributed by atoms with Crippen LogP contribution in [0, 0.1) is 6.92 Å². The van der Waals surface area contributed by atoms with E-state index in [0.717, 1.165) is 18.5 Å². The Kier molecular flexibility index (Phi) is 2.17. The maximum absolute atomic E-state index is 11.8. The summed E-state index contributed by atoms with van der Waals surface area (Å²) in [5.41, 5.74) is 3.88. The summed E-state index contributed by atoms with van der Waals surface area (Å²) < 4.78 is 3.56. The summed E-state index contributed by atoms with van der Waals surface area (Å²) in [5, 5.41) is 0. The van der Waals surface area contributed by atoms with Crippen molar-refractivity contribution < 1.29 is 4.57 Å². The van der Waals surface area contributed by atoms with Crippen LogP contribution in [0.25, 0.3) is 0 Å². The minimum absolute atomic E-state index is 0.100. The molecular formula is C11H17N2O+. The van der Waals surface area contributed by atoms with Gasteiger partial charge in [-0.3, -0.25) is 0 Å². The normalized spacial score (nSPS) is 15.4. The van der Waals surface area contributed by atoms with Crippen molar-refractivity contribution >= 4 is 0 Å². The van der Waals surface area contributed by atoms with Crippen molar-refractivity contribution in [3.8, 4) is 0 Å². The molecule has 2 rings (SSSR count). The zero-order valence-electron chi connectivity index (χ0n) is 9.13. The smallest absolute Gasteiger partial charge is 0.198 e. The number of hydrogen-bond donors (Lipinski definition) is 0. The highest BCUT2D eigenvalue weighted by Crippen LogP contribution is 2.19. The third kappa shape index (κ3) is 1.19. The highest BCUT2D eigenvalue weighted by molar-refractivity contribution is 5.23. The van der Waals surface area contributed by atoms with E-state index in [0.29, 0.717) is 0 Å². The second kappa shape index (κ2) is 3.23. The molecule has 0 bridgehead atoms.